The minimum Gasteiger partial charge on any atom is -0.478 e. The molecular weight excluding hydrogens is 386 g/mol. The van der Waals surface area contributed by atoms with Gasteiger partial charge in [-0.15, -0.1) is 0 Å². The van der Waals surface area contributed by atoms with Crippen LogP contribution in [0.25, 0.3) is 5.57 Å². The van der Waals surface area contributed by atoms with Gasteiger partial charge in [-0.1, -0.05) is 55.3 Å². The molecule has 0 radical (unpaired) electrons. The summed E-state index contributed by atoms with van der Waals surface area (Å²) in [6.45, 7) is 8.72. The lowest BCUT2D eigenvalue weighted by molar-refractivity contribution is -0.131. The van der Waals surface area contributed by atoms with Crippen molar-refractivity contribution < 1.29 is 14.6 Å². The van der Waals surface area contributed by atoms with E-state index in [1.807, 2.05) is 6.08 Å². The van der Waals surface area contributed by atoms with Crippen molar-refractivity contribution in [1.82, 2.24) is 4.90 Å². The number of carboxylic acid groups (broad SMARTS) is 1. The highest BCUT2D eigenvalue weighted by Gasteiger charge is 2.40. The number of hydrogen-bond donors (Lipinski definition) is 1. The molecule has 3 atom stereocenters. The first-order chi connectivity index (χ1) is 15.0. The molecule has 1 N–H and O–H groups in total. The van der Waals surface area contributed by atoms with Gasteiger partial charge in [0.05, 0.1) is 0 Å². The largest absolute Gasteiger partial charge is 0.478 e. The first-order valence-electron chi connectivity index (χ1n) is 12.0. The maximum atomic E-state index is 10.9. The molecule has 2 unspecified atom stereocenters. The molecule has 2 aliphatic heterocycles. The number of carbonyl (C=O) groups is 1. The Morgan fingerprint density at radius 2 is 1.94 bits per heavy atom. The summed E-state index contributed by atoms with van der Waals surface area (Å²) in [4.78, 5) is 13.7. The van der Waals surface area contributed by atoms with E-state index < -0.39 is 5.97 Å². The van der Waals surface area contributed by atoms with E-state index in [2.05, 4.69) is 56.0 Å². The summed E-state index contributed by atoms with van der Waals surface area (Å²) in [5, 5.41) is 8.97. The first kappa shape index (κ1) is 23.7. The third-order valence-electron chi connectivity index (χ3n) is 7.05. The SMILES string of the molecule is CCC[C@H](CC/C=C/C(=O)O)C1C(C)=C(c2ccccc2)CC(C)N1C1CCOCC1. The second kappa shape index (κ2) is 11.6. The van der Waals surface area contributed by atoms with Crippen LogP contribution in [0.5, 0.6) is 0 Å². The van der Waals surface area contributed by atoms with Gasteiger partial charge < -0.3 is 9.84 Å². The lowest BCUT2D eigenvalue weighted by atomic mass is 9.76. The van der Waals surface area contributed by atoms with Crippen LogP contribution in [0, 0.1) is 5.92 Å². The van der Waals surface area contributed by atoms with Crippen molar-refractivity contribution in [3.63, 3.8) is 0 Å². The average Bonchev–Trinajstić information content (AvgIpc) is 2.78. The van der Waals surface area contributed by atoms with Gasteiger partial charge in [0.1, 0.15) is 0 Å². The van der Waals surface area contributed by atoms with E-state index >= 15 is 0 Å². The number of benzene rings is 1. The predicted octanol–water partition coefficient (Wildman–Crippen LogP) is 5.94. The fourth-order valence-electron chi connectivity index (χ4n) is 5.72. The topological polar surface area (TPSA) is 49.8 Å². The van der Waals surface area contributed by atoms with Gasteiger partial charge in [0.2, 0.25) is 0 Å². The van der Waals surface area contributed by atoms with Gasteiger partial charge in [0.15, 0.2) is 0 Å². The highest BCUT2D eigenvalue weighted by Crippen LogP contribution is 2.42. The van der Waals surface area contributed by atoms with Crippen molar-refractivity contribution in [2.45, 2.75) is 83.8 Å². The molecule has 31 heavy (non-hydrogen) atoms. The molecule has 1 fully saturated rings. The molecule has 2 heterocycles. The van der Waals surface area contributed by atoms with Crippen LogP contribution < -0.4 is 0 Å². The number of aliphatic carboxylic acids is 1. The highest BCUT2D eigenvalue weighted by molar-refractivity contribution is 5.79. The lowest BCUT2D eigenvalue weighted by Crippen LogP contribution is -2.55. The molecule has 1 saturated heterocycles. The van der Waals surface area contributed by atoms with E-state index in [1.54, 1.807) is 0 Å². The highest BCUT2D eigenvalue weighted by atomic mass is 16.5. The van der Waals surface area contributed by atoms with Crippen LogP contribution in [-0.4, -0.2) is 47.3 Å². The predicted molar refractivity (Wildman–Crippen MR) is 127 cm³/mol. The number of ether oxygens (including phenoxy) is 1. The van der Waals surface area contributed by atoms with Gasteiger partial charge in [-0.3, -0.25) is 4.90 Å². The first-order valence-corrected chi connectivity index (χ1v) is 12.0. The zero-order valence-corrected chi connectivity index (χ0v) is 19.4. The van der Waals surface area contributed by atoms with E-state index in [4.69, 9.17) is 9.84 Å². The molecule has 1 aromatic rings. The van der Waals surface area contributed by atoms with Crippen LogP contribution in [0.2, 0.25) is 0 Å². The zero-order valence-electron chi connectivity index (χ0n) is 19.4. The van der Waals surface area contributed by atoms with Crippen molar-refractivity contribution in [3.05, 3.63) is 53.6 Å². The Balaban J connectivity index is 1.96. The van der Waals surface area contributed by atoms with Crippen molar-refractivity contribution in [1.29, 1.82) is 0 Å². The molecule has 3 rings (SSSR count). The van der Waals surface area contributed by atoms with E-state index in [9.17, 15) is 4.79 Å². The third kappa shape index (κ3) is 6.08. The summed E-state index contributed by atoms with van der Waals surface area (Å²) < 4.78 is 5.68. The number of hydrogen-bond acceptors (Lipinski definition) is 3. The van der Waals surface area contributed by atoms with Crippen molar-refractivity contribution in [3.8, 4) is 0 Å². The van der Waals surface area contributed by atoms with Gasteiger partial charge in [-0.05, 0) is 69.4 Å². The minimum absolute atomic E-state index is 0.403. The Morgan fingerprint density at radius 1 is 1.23 bits per heavy atom. The van der Waals surface area contributed by atoms with E-state index in [0.29, 0.717) is 24.0 Å². The second-order valence-corrected chi connectivity index (χ2v) is 9.18. The van der Waals surface area contributed by atoms with Gasteiger partial charge in [-0.25, -0.2) is 4.79 Å². The summed E-state index contributed by atoms with van der Waals surface area (Å²) in [7, 11) is 0. The van der Waals surface area contributed by atoms with Gasteiger partial charge in [0.25, 0.3) is 0 Å². The van der Waals surface area contributed by atoms with Crippen LogP contribution in [-0.2, 0) is 9.53 Å². The number of carboxylic acids is 1. The molecule has 0 saturated carbocycles. The van der Waals surface area contributed by atoms with Gasteiger partial charge in [0, 0.05) is 37.4 Å². The maximum absolute atomic E-state index is 10.9. The molecule has 0 bridgehead atoms. The Labute approximate surface area is 188 Å². The van der Waals surface area contributed by atoms with Crippen LogP contribution in [0.4, 0.5) is 0 Å². The fourth-order valence-corrected chi connectivity index (χ4v) is 5.72. The standard InChI is InChI=1S/C27H39NO3/c1-4-10-23(13-8-9-14-26(29)30)27-21(3)25(22-11-6-5-7-12-22)19-20(2)28(27)24-15-17-31-18-16-24/h5-7,9,11-12,14,20,23-24,27H,4,8,10,13,15-19H2,1-3H3,(H,29,30)/b14-9+/t20?,23-,27?/m1/s1. The molecule has 0 spiro atoms. The summed E-state index contributed by atoms with van der Waals surface area (Å²) in [6.07, 6.45) is 10.6. The Hall–Kier alpha value is -1.91. The van der Waals surface area contributed by atoms with Crippen LogP contribution in [0.1, 0.15) is 71.3 Å². The molecule has 2 aliphatic rings. The van der Waals surface area contributed by atoms with E-state index in [0.717, 1.165) is 58.2 Å². The van der Waals surface area contributed by atoms with Crippen LogP contribution in [0.3, 0.4) is 0 Å². The van der Waals surface area contributed by atoms with E-state index in [-0.39, 0.29) is 0 Å². The number of nitrogens with zero attached hydrogens (tertiary/aromatic N) is 1. The summed E-state index contributed by atoms with van der Waals surface area (Å²) in [5.74, 6) is -0.336. The molecule has 4 nitrogen and oxygen atoms in total. The molecule has 0 amide bonds. The quantitative estimate of drug-likeness (QED) is 0.498. The summed E-state index contributed by atoms with van der Waals surface area (Å²) >= 11 is 0. The molecular formula is C27H39NO3. The Kier molecular flexibility index (Phi) is 8.91. The minimum atomic E-state index is -0.857. The number of rotatable bonds is 9. The van der Waals surface area contributed by atoms with E-state index in [1.165, 1.54) is 22.8 Å². The molecule has 0 aliphatic carbocycles. The smallest absolute Gasteiger partial charge is 0.327 e. The van der Waals surface area contributed by atoms with Crippen molar-refractivity contribution in [2.75, 3.05) is 13.2 Å². The second-order valence-electron chi connectivity index (χ2n) is 9.18. The molecule has 0 aromatic heterocycles. The summed E-state index contributed by atoms with van der Waals surface area (Å²) in [5.41, 5.74) is 4.37. The Morgan fingerprint density at radius 3 is 2.58 bits per heavy atom. The molecule has 1 aromatic carbocycles. The summed E-state index contributed by atoms with van der Waals surface area (Å²) in [6, 6.07) is 12.3. The maximum Gasteiger partial charge on any atom is 0.327 e. The normalized spacial score (nSPS) is 24.6. The van der Waals surface area contributed by atoms with Gasteiger partial charge in [-0.2, -0.15) is 0 Å². The van der Waals surface area contributed by atoms with Crippen molar-refractivity contribution >= 4 is 11.5 Å². The fraction of sp³-hybridized carbons (Fsp3) is 0.593. The van der Waals surface area contributed by atoms with Crippen LogP contribution >= 0.6 is 0 Å². The van der Waals surface area contributed by atoms with Crippen molar-refractivity contribution in [2.24, 2.45) is 5.92 Å². The average molecular weight is 426 g/mol. The zero-order chi connectivity index (χ0) is 22.2. The van der Waals surface area contributed by atoms with Crippen LogP contribution in [0.15, 0.2) is 48.1 Å². The number of allylic oxidation sites excluding steroid dienone is 1. The molecule has 170 valence electrons. The third-order valence-corrected chi connectivity index (χ3v) is 7.05. The Bertz CT molecular complexity index is 764. The van der Waals surface area contributed by atoms with Gasteiger partial charge >= 0.3 is 5.97 Å². The molecule has 4 heteroatoms. The monoisotopic (exact) mass is 425 g/mol. The lowest BCUT2D eigenvalue weighted by Gasteiger charge is -2.51.